The summed E-state index contributed by atoms with van der Waals surface area (Å²) in [6.07, 6.45) is 5.53. The minimum atomic E-state index is -0.534. The van der Waals surface area contributed by atoms with E-state index in [-0.39, 0.29) is 5.97 Å². The highest BCUT2D eigenvalue weighted by Crippen LogP contribution is 2.36. The summed E-state index contributed by atoms with van der Waals surface area (Å²) < 4.78 is 13.0. The number of methoxy groups -OCH3 is 1. The summed E-state index contributed by atoms with van der Waals surface area (Å²) in [7, 11) is 1.67. The van der Waals surface area contributed by atoms with Gasteiger partial charge in [0.1, 0.15) is 5.75 Å². The molecule has 1 atom stereocenters. The van der Waals surface area contributed by atoms with Gasteiger partial charge in [-0.15, -0.1) is 0 Å². The molecule has 0 spiro atoms. The van der Waals surface area contributed by atoms with Gasteiger partial charge in [-0.2, -0.15) is 5.10 Å². The molecule has 1 aromatic carbocycles. The maximum atomic E-state index is 13.1. The van der Waals surface area contributed by atoms with Crippen LogP contribution < -0.4 is 4.74 Å². The van der Waals surface area contributed by atoms with Gasteiger partial charge in [0, 0.05) is 30.9 Å². The summed E-state index contributed by atoms with van der Waals surface area (Å²) in [6, 6.07) is 8.02. The molecule has 1 aliphatic heterocycles. The Morgan fingerprint density at radius 1 is 1.30 bits per heavy atom. The van der Waals surface area contributed by atoms with Gasteiger partial charge in [0.05, 0.1) is 25.3 Å². The third-order valence-corrected chi connectivity index (χ3v) is 6.08. The van der Waals surface area contributed by atoms with Crippen LogP contribution in [0.2, 0.25) is 0 Å². The van der Waals surface area contributed by atoms with Gasteiger partial charge in [-0.3, -0.25) is 14.4 Å². The van der Waals surface area contributed by atoms with E-state index in [1.165, 1.54) is 11.3 Å². The lowest BCUT2D eigenvalue weighted by molar-refractivity contribution is -0.159. The number of hydrogen-bond acceptors (Lipinski definition) is 5. The number of ether oxygens (including phenoxy) is 2. The van der Waals surface area contributed by atoms with Crippen LogP contribution in [0, 0.1) is 12.3 Å². The molecule has 0 amide bonds. The number of carbonyl (C=O) groups is 1. The number of carbonyl (C=O) groups excluding carboxylic acids is 1. The molecule has 0 bridgehead atoms. The van der Waals surface area contributed by atoms with E-state index in [0.29, 0.717) is 19.6 Å². The minimum absolute atomic E-state index is 0.0871. The second-order valence-corrected chi connectivity index (χ2v) is 8.32. The molecule has 1 saturated heterocycles. The molecule has 0 saturated carbocycles. The highest BCUT2D eigenvalue weighted by atomic mass is 16.5. The molecule has 0 radical (unpaired) electrons. The largest absolute Gasteiger partial charge is 0.497 e. The van der Waals surface area contributed by atoms with Crippen molar-refractivity contribution in [2.75, 3.05) is 26.8 Å². The lowest BCUT2D eigenvalue weighted by Gasteiger charge is -2.41. The molecule has 6 heteroatoms. The molecule has 30 heavy (non-hydrogen) atoms. The van der Waals surface area contributed by atoms with Gasteiger partial charge in [-0.05, 0) is 63.8 Å². The fraction of sp³-hybridized carbons (Fsp3) is 0.583. The van der Waals surface area contributed by atoms with Crippen LogP contribution in [0.5, 0.6) is 5.75 Å². The lowest BCUT2D eigenvalue weighted by Crippen LogP contribution is -2.49. The number of hydrogen-bond donors (Lipinski definition) is 0. The molecule has 3 rings (SSSR count). The first kappa shape index (κ1) is 22.3. The molecule has 0 unspecified atom stereocenters. The van der Waals surface area contributed by atoms with E-state index in [1.54, 1.807) is 7.11 Å². The molecule has 164 valence electrons. The van der Waals surface area contributed by atoms with Gasteiger partial charge in [0.2, 0.25) is 0 Å². The number of likely N-dealkylation sites (tertiary alicyclic amines) is 1. The highest BCUT2D eigenvalue weighted by molar-refractivity contribution is 5.78. The quantitative estimate of drug-likeness (QED) is 0.582. The van der Waals surface area contributed by atoms with Crippen LogP contribution in [-0.2, 0) is 29.0 Å². The van der Waals surface area contributed by atoms with Crippen LogP contribution in [0.15, 0.2) is 30.5 Å². The summed E-state index contributed by atoms with van der Waals surface area (Å²) >= 11 is 0. The standard InChI is InChI=1S/C24H35N3O3/c1-5-12-27-19(3)21(16-25-27)17-26-13-8-11-24(18-26,23(28)30-6-2)15-20-9-7-10-22(14-20)29-4/h7,9-10,14,16H,5-6,8,11-13,15,17-18H2,1-4H3/t24-/m0/s1. The fourth-order valence-electron chi connectivity index (χ4n) is 4.52. The molecule has 2 heterocycles. The Morgan fingerprint density at radius 2 is 2.13 bits per heavy atom. The topological polar surface area (TPSA) is 56.6 Å². The van der Waals surface area contributed by atoms with E-state index in [2.05, 4.69) is 34.6 Å². The van der Waals surface area contributed by atoms with Crippen LogP contribution in [0.4, 0.5) is 0 Å². The smallest absolute Gasteiger partial charge is 0.313 e. The van der Waals surface area contributed by atoms with E-state index in [0.717, 1.165) is 50.2 Å². The first-order chi connectivity index (χ1) is 14.5. The first-order valence-corrected chi connectivity index (χ1v) is 11.0. The van der Waals surface area contributed by atoms with Crippen molar-refractivity contribution in [2.45, 2.75) is 59.5 Å². The maximum Gasteiger partial charge on any atom is 0.313 e. The van der Waals surface area contributed by atoms with Gasteiger partial charge in [0.15, 0.2) is 0 Å². The number of piperidine rings is 1. The van der Waals surface area contributed by atoms with Gasteiger partial charge >= 0.3 is 5.97 Å². The van der Waals surface area contributed by atoms with E-state index in [4.69, 9.17) is 9.47 Å². The normalized spacial score (nSPS) is 19.6. The Balaban J connectivity index is 1.81. The number of rotatable bonds is 9. The van der Waals surface area contributed by atoms with Crippen LogP contribution in [-0.4, -0.2) is 47.5 Å². The first-order valence-electron chi connectivity index (χ1n) is 11.0. The Labute approximate surface area is 180 Å². The summed E-state index contributed by atoms with van der Waals surface area (Å²) in [4.78, 5) is 15.5. The molecule has 1 aliphatic rings. The molecule has 0 N–H and O–H groups in total. The lowest BCUT2D eigenvalue weighted by atomic mass is 9.75. The minimum Gasteiger partial charge on any atom is -0.497 e. The zero-order valence-corrected chi connectivity index (χ0v) is 18.8. The van der Waals surface area contributed by atoms with Crippen LogP contribution in [0.1, 0.15) is 49.9 Å². The van der Waals surface area contributed by atoms with Crippen molar-refractivity contribution in [3.05, 3.63) is 47.3 Å². The molecule has 2 aromatic rings. The van der Waals surface area contributed by atoms with Gasteiger partial charge in [0.25, 0.3) is 0 Å². The highest BCUT2D eigenvalue weighted by Gasteiger charge is 2.43. The van der Waals surface area contributed by atoms with Gasteiger partial charge in [-0.25, -0.2) is 0 Å². The molecule has 0 aliphatic carbocycles. The average Bonchev–Trinajstić information content (AvgIpc) is 3.08. The van der Waals surface area contributed by atoms with Crippen LogP contribution in [0.3, 0.4) is 0 Å². The van der Waals surface area contributed by atoms with Crippen molar-refractivity contribution >= 4 is 5.97 Å². The van der Waals surface area contributed by atoms with Crippen molar-refractivity contribution in [3.63, 3.8) is 0 Å². The number of aromatic nitrogens is 2. The Kier molecular flexibility index (Phi) is 7.53. The Bertz CT molecular complexity index is 848. The predicted octanol–water partition coefficient (Wildman–Crippen LogP) is 4.00. The zero-order valence-electron chi connectivity index (χ0n) is 18.8. The second kappa shape index (κ2) is 10.1. The SMILES string of the molecule is CCCn1ncc(CN2CCC[C@@](Cc3cccc(OC)c3)(C(=O)OCC)C2)c1C. The molecular formula is C24H35N3O3. The van der Waals surface area contributed by atoms with Gasteiger partial charge in [-0.1, -0.05) is 19.1 Å². The molecular weight excluding hydrogens is 378 g/mol. The van der Waals surface area contributed by atoms with Gasteiger partial charge < -0.3 is 9.47 Å². The fourth-order valence-corrected chi connectivity index (χ4v) is 4.52. The van der Waals surface area contributed by atoms with Crippen LogP contribution >= 0.6 is 0 Å². The number of aryl methyl sites for hydroxylation is 1. The number of nitrogens with zero attached hydrogens (tertiary/aromatic N) is 3. The van der Waals surface area contributed by atoms with E-state index < -0.39 is 5.41 Å². The number of benzene rings is 1. The van der Waals surface area contributed by atoms with Crippen molar-refractivity contribution in [1.29, 1.82) is 0 Å². The summed E-state index contributed by atoms with van der Waals surface area (Å²) in [5.74, 6) is 0.731. The predicted molar refractivity (Wildman–Crippen MR) is 118 cm³/mol. The summed E-state index contributed by atoms with van der Waals surface area (Å²) in [6.45, 7) is 10.0. The third-order valence-electron chi connectivity index (χ3n) is 6.08. The number of esters is 1. The summed E-state index contributed by atoms with van der Waals surface area (Å²) in [5, 5.41) is 4.54. The monoisotopic (exact) mass is 413 g/mol. The van der Waals surface area contributed by atoms with Crippen molar-refractivity contribution in [1.82, 2.24) is 14.7 Å². The van der Waals surface area contributed by atoms with Crippen molar-refractivity contribution < 1.29 is 14.3 Å². The average molecular weight is 414 g/mol. The second-order valence-electron chi connectivity index (χ2n) is 8.32. The van der Waals surface area contributed by atoms with E-state index in [1.807, 2.05) is 31.3 Å². The Hall–Kier alpha value is -2.34. The molecule has 1 fully saturated rings. The van der Waals surface area contributed by atoms with E-state index in [9.17, 15) is 4.79 Å². The molecule has 1 aromatic heterocycles. The maximum absolute atomic E-state index is 13.1. The molecule has 6 nitrogen and oxygen atoms in total. The van der Waals surface area contributed by atoms with Crippen molar-refractivity contribution in [2.24, 2.45) is 5.41 Å². The zero-order chi connectivity index (χ0) is 21.6. The van der Waals surface area contributed by atoms with E-state index >= 15 is 0 Å². The van der Waals surface area contributed by atoms with Crippen LogP contribution in [0.25, 0.3) is 0 Å². The Morgan fingerprint density at radius 3 is 2.87 bits per heavy atom. The van der Waals surface area contributed by atoms with Crippen molar-refractivity contribution in [3.8, 4) is 5.75 Å². The third kappa shape index (κ3) is 5.04. The summed E-state index contributed by atoms with van der Waals surface area (Å²) in [5.41, 5.74) is 3.03.